The number of nitrogens with one attached hydrogen (secondary N) is 1. The van der Waals surface area contributed by atoms with E-state index in [0.717, 1.165) is 26.1 Å². The van der Waals surface area contributed by atoms with Gasteiger partial charge in [0.2, 0.25) is 5.91 Å². The molecule has 1 aliphatic heterocycles. The molecule has 1 N–H and O–H groups in total. The van der Waals surface area contributed by atoms with Crippen LogP contribution in [0.5, 0.6) is 0 Å². The van der Waals surface area contributed by atoms with Crippen LogP contribution in [0.15, 0.2) is 15.9 Å². The van der Waals surface area contributed by atoms with Gasteiger partial charge in [0.15, 0.2) is 0 Å². The van der Waals surface area contributed by atoms with E-state index >= 15 is 0 Å². The Balaban J connectivity index is 1.77. The first-order chi connectivity index (χ1) is 7.65. The predicted octanol–water partition coefficient (Wildman–Crippen LogP) is 2.22. The molecule has 0 bridgehead atoms. The number of carbonyl (C=O) groups excluding carboxylic acids is 1. The van der Waals surface area contributed by atoms with Gasteiger partial charge in [0.1, 0.15) is 0 Å². The zero-order chi connectivity index (χ0) is 11.5. The van der Waals surface area contributed by atoms with Crippen LogP contribution in [0.1, 0.15) is 18.2 Å². The third-order valence-corrected chi connectivity index (χ3v) is 4.45. The Bertz CT molecular complexity index is 380. The molecule has 5 heteroatoms. The lowest BCUT2D eigenvalue weighted by atomic mass is 10.2. The SMILES string of the molecule is CC(=O)N1CCC(NCc2ccc(Br)s2)C1. The minimum absolute atomic E-state index is 0.183. The van der Waals surface area contributed by atoms with Crippen molar-refractivity contribution in [3.05, 3.63) is 20.8 Å². The average molecular weight is 303 g/mol. The van der Waals surface area contributed by atoms with Gasteiger partial charge >= 0.3 is 0 Å². The molecule has 2 heterocycles. The summed E-state index contributed by atoms with van der Waals surface area (Å²) >= 11 is 5.20. The Hall–Kier alpha value is -0.390. The highest BCUT2D eigenvalue weighted by Crippen LogP contribution is 2.22. The molecule has 1 amide bonds. The number of likely N-dealkylation sites (tertiary alicyclic amines) is 1. The van der Waals surface area contributed by atoms with Crippen molar-refractivity contribution in [3.63, 3.8) is 0 Å². The highest BCUT2D eigenvalue weighted by molar-refractivity contribution is 9.11. The Kier molecular flexibility index (Phi) is 4.00. The summed E-state index contributed by atoms with van der Waals surface area (Å²) < 4.78 is 1.17. The van der Waals surface area contributed by atoms with E-state index in [4.69, 9.17) is 0 Å². The fourth-order valence-electron chi connectivity index (χ4n) is 1.90. The van der Waals surface area contributed by atoms with Crippen LogP contribution in [0.3, 0.4) is 0 Å². The number of thiophene rings is 1. The van der Waals surface area contributed by atoms with E-state index in [1.807, 2.05) is 4.90 Å². The molecule has 88 valence electrons. The molecule has 0 radical (unpaired) electrons. The van der Waals surface area contributed by atoms with E-state index < -0.39 is 0 Å². The van der Waals surface area contributed by atoms with Crippen LogP contribution in [0.25, 0.3) is 0 Å². The smallest absolute Gasteiger partial charge is 0.219 e. The van der Waals surface area contributed by atoms with Crippen LogP contribution in [0.4, 0.5) is 0 Å². The molecule has 3 nitrogen and oxygen atoms in total. The van der Waals surface area contributed by atoms with Crippen molar-refractivity contribution in [2.45, 2.75) is 25.9 Å². The van der Waals surface area contributed by atoms with Crippen LogP contribution in [-0.2, 0) is 11.3 Å². The van der Waals surface area contributed by atoms with Gasteiger partial charge in [-0.1, -0.05) is 0 Å². The van der Waals surface area contributed by atoms with Crippen LogP contribution in [0.2, 0.25) is 0 Å². The van der Waals surface area contributed by atoms with Crippen molar-refractivity contribution in [2.75, 3.05) is 13.1 Å². The normalized spacial score (nSPS) is 20.4. The number of hydrogen-bond donors (Lipinski definition) is 1. The fraction of sp³-hybridized carbons (Fsp3) is 0.545. The summed E-state index contributed by atoms with van der Waals surface area (Å²) in [7, 11) is 0. The molecule has 1 unspecified atom stereocenters. The second-order valence-corrected chi connectivity index (χ2v) is 6.58. The van der Waals surface area contributed by atoms with E-state index in [2.05, 4.69) is 33.4 Å². The summed E-state index contributed by atoms with van der Waals surface area (Å²) in [6.45, 7) is 4.27. The standard InChI is InChI=1S/C11H15BrN2OS/c1-8(15)14-5-4-9(7-14)13-6-10-2-3-11(12)16-10/h2-3,9,13H,4-7H2,1H3. The van der Waals surface area contributed by atoms with Gasteiger partial charge in [0, 0.05) is 37.5 Å². The maximum Gasteiger partial charge on any atom is 0.219 e. The van der Waals surface area contributed by atoms with Gasteiger partial charge in [0.05, 0.1) is 3.79 Å². The van der Waals surface area contributed by atoms with Gasteiger partial charge in [-0.25, -0.2) is 0 Å². The number of nitrogens with zero attached hydrogens (tertiary/aromatic N) is 1. The topological polar surface area (TPSA) is 32.3 Å². The highest BCUT2D eigenvalue weighted by Gasteiger charge is 2.23. The van der Waals surface area contributed by atoms with E-state index in [1.165, 1.54) is 8.66 Å². The summed E-state index contributed by atoms with van der Waals surface area (Å²) in [5.74, 6) is 0.183. The monoisotopic (exact) mass is 302 g/mol. The summed E-state index contributed by atoms with van der Waals surface area (Å²) in [5.41, 5.74) is 0. The molecule has 1 aromatic heterocycles. The third-order valence-electron chi connectivity index (χ3n) is 2.83. The van der Waals surface area contributed by atoms with Crippen molar-refractivity contribution in [2.24, 2.45) is 0 Å². The first-order valence-corrected chi connectivity index (χ1v) is 6.99. The Morgan fingerprint density at radius 2 is 2.50 bits per heavy atom. The Labute approximate surface area is 108 Å². The predicted molar refractivity (Wildman–Crippen MR) is 69.5 cm³/mol. The van der Waals surface area contributed by atoms with Crippen LogP contribution >= 0.6 is 27.3 Å². The molecular weight excluding hydrogens is 288 g/mol. The van der Waals surface area contributed by atoms with Gasteiger partial charge in [0.25, 0.3) is 0 Å². The Morgan fingerprint density at radius 1 is 1.69 bits per heavy atom. The van der Waals surface area contributed by atoms with Crippen LogP contribution in [-0.4, -0.2) is 29.9 Å². The maximum absolute atomic E-state index is 11.2. The first-order valence-electron chi connectivity index (χ1n) is 5.38. The maximum atomic E-state index is 11.2. The van der Waals surface area contributed by atoms with Crippen molar-refractivity contribution in [3.8, 4) is 0 Å². The third kappa shape index (κ3) is 3.06. The molecular formula is C11H15BrN2OS. The van der Waals surface area contributed by atoms with Crippen molar-refractivity contribution < 1.29 is 4.79 Å². The quantitative estimate of drug-likeness (QED) is 0.928. The molecule has 1 saturated heterocycles. The van der Waals surface area contributed by atoms with Crippen LogP contribution < -0.4 is 5.32 Å². The minimum Gasteiger partial charge on any atom is -0.341 e. The summed E-state index contributed by atoms with van der Waals surface area (Å²) in [6.07, 6.45) is 1.06. The zero-order valence-corrected chi connectivity index (χ0v) is 11.6. The zero-order valence-electron chi connectivity index (χ0n) is 9.20. The minimum atomic E-state index is 0.183. The fourth-order valence-corrected chi connectivity index (χ4v) is 3.34. The van der Waals surface area contributed by atoms with E-state index in [-0.39, 0.29) is 5.91 Å². The lowest BCUT2D eigenvalue weighted by Gasteiger charge is -2.14. The number of amides is 1. The average Bonchev–Trinajstić information content (AvgIpc) is 2.83. The van der Waals surface area contributed by atoms with E-state index in [9.17, 15) is 4.79 Å². The van der Waals surface area contributed by atoms with Gasteiger partial charge in [-0.15, -0.1) is 11.3 Å². The van der Waals surface area contributed by atoms with Gasteiger partial charge < -0.3 is 10.2 Å². The molecule has 1 fully saturated rings. The number of rotatable bonds is 3. The molecule has 0 saturated carbocycles. The molecule has 2 rings (SSSR count). The Morgan fingerprint density at radius 3 is 3.06 bits per heavy atom. The summed E-state index contributed by atoms with van der Waals surface area (Å²) in [5, 5.41) is 3.49. The van der Waals surface area contributed by atoms with Gasteiger partial charge in [-0.3, -0.25) is 4.79 Å². The molecule has 0 spiro atoms. The van der Waals surface area contributed by atoms with E-state index in [1.54, 1.807) is 18.3 Å². The number of carbonyl (C=O) groups is 1. The van der Waals surface area contributed by atoms with Crippen molar-refractivity contribution in [1.29, 1.82) is 0 Å². The molecule has 1 atom stereocenters. The van der Waals surface area contributed by atoms with Crippen LogP contribution in [0, 0.1) is 0 Å². The first kappa shape index (κ1) is 12.1. The molecule has 1 aromatic rings. The lowest BCUT2D eigenvalue weighted by Crippen LogP contribution is -2.33. The van der Waals surface area contributed by atoms with Gasteiger partial charge in [-0.2, -0.15) is 0 Å². The van der Waals surface area contributed by atoms with Crippen molar-refractivity contribution >= 4 is 33.2 Å². The number of halogens is 1. The second kappa shape index (κ2) is 5.29. The number of hydrogen-bond acceptors (Lipinski definition) is 3. The molecule has 16 heavy (non-hydrogen) atoms. The largest absolute Gasteiger partial charge is 0.341 e. The summed E-state index contributed by atoms with van der Waals surface area (Å²) in [4.78, 5) is 14.4. The second-order valence-electron chi connectivity index (χ2n) is 4.04. The summed E-state index contributed by atoms with van der Waals surface area (Å²) in [6, 6.07) is 4.64. The molecule has 0 aliphatic carbocycles. The van der Waals surface area contributed by atoms with E-state index in [0.29, 0.717) is 6.04 Å². The lowest BCUT2D eigenvalue weighted by molar-refractivity contribution is -0.127. The molecule has 0 aromatic carbocycles. The van der Waals surface area contributed by atoms with Crippen molar-refractivity contribution in [1.82, 2.24) is 10.2 Å². The molecule has 1 aliphatic rings. The van der Waals surface area contributed by atoms with Gasteiger partial charge in [-0.05, 0) is 34.5 Å². The highest BCUT2D eigenvalue weighted by atomic mass is 79.9.